The Balaban J connectivity index is 1.43. The fourth-order valence-corrected chi connectivity index (χ4v) is 3.30. The molecule has 0 spiro atoms. The van der Waals surface area contributed by atoms with Crippen molar-refractivity contribution in [2.45, 2.75) is 25.3 Å². The van der Waals surface area contributed by atoms with Gasteiger partial charge in [0, 0.05) is 36.4 Å². The predicted molar refractivity (Wildman–Crippen MR) is 82.9 cm³/mol. The first-order chi connectivity index (χ1) is 9.90. The second-order valence-corrected chi connectivity index (χ2v) is 6.14. The lowest BCUT2D eigenvalue weighted by molar-refractivity contribution is 0.316. The number of benzene rings is 1. The molecule has 2 aromatic rings. The van der Waals surface area contributed by atoms with Crippen molar-refractivity contribution in [1.82, 2.24) is 9.88 Å². The molecule has 20 heavy (non-hydrogen) atoms. The number of nitrogens with zero attached hydrogens (tertiary/aromatic N) is 2. The topological polar surface area (TPSA) is 28.2 Å². The molecule has 1 saturated carbocycles. The zero-order chi connectivity index (χ0) is 13.4. The molecule has 1 saturated heterocycles. The van der Waals surface area contributed by atoms with E-state index in [9.17, 15) is 0 Å². The molecule has 2 fully saturated rings. The van der Waals surface area contributed by atoms with Gasteiger partial charge in [-0.1, -0.05) is 18.2 Å². The van der Waals surface area contributed by atoms with E-state index in [0.29, 0.717) is 0 Å². The molecular weight excluding hydrogens is 246 g/mol. The molecule has 1 aromatic carbocycles. The second-order valence-electron chi connectivity index (χ2n) is 6.14. The van der Waals surface area contributed by atoms with E-state index in [1.807, 2.05) is 12.3 Å². The molecule has 0 radical (unpaired) electrons. The molecule has 104 valence electrons. The first kappa shape index (κ1) is 12.2. The number of nitrogens with one attached hydrogen (secondary N) is 1. The minimum absolute atomic E-state index is 0.794. The maximum Gasteiger partial charge on any atom is 0.0722 e. The summed E-state index contributed by atoms with van der Waals surface area (Å²) >= 11 is 0. The highest BCUT2D eigenvalue weighted by molar-refractivity contribution is 5.90. The maximum absolute atomic E-state index is 4.42. The summed E-state index contributed by atoms with van der Waals surface area (Å²) in [7, 11) is 0. The molecule has 1 N–H and O–H groups in total. The van der Waals surface area contributed by atoms with Crippen LogP contribution in [0, 0.1) is 5.92 Å². The van der Waals surface area contributed by atoms with Crippen LogP contribution in [0.2, 0.25) is 0 Å². The van der Waals surface area contributed by atoms with Crippen LogP contribution in [0.15, 0.2) is 36.5 Å². The molecule has 0 bridgehead atoms. The Morgan fingerprint density at radius 2 is 2.05 bits per heavy atom. The quantitative estimate of drug-likeness (QED) is 0.922. The summed E-state index contributed by atoms with van der Waals surface area (Å²) in [6.07, 6.45) is 6.09. The van der Waals surface area contributed by atoms with Crippen molar-refractivity contribution in [2.24, 2.45) is 5.92 Å². The number of anilines is 1. The van der Waals surface area contributed by atoms with Crippen LogP contribution in [0.5, 0.6) is 0 Å². The molecule has 0 unspecified atom stereocenters. The van der Waals surface area contributed by atoms with E-state index >= 15 is 0 Å². The summed E-state index contributed by atoms with van der Waals surface area (Å²) in [5.74, 6) is 0.794. The van der Waals surface area contributed by atoms with E-state index in [0.717, 1.165) is 24.0 Å². The summed E-state index contributed by atoms with van der Waals surface area (Å²) in [5, 5.41) is 4.87. The molecule has 2 aliphatic rings. The Morgan fingerprint density at radius 1 is 1.15 bits per heavy atom. The van der Waals surface area contributed by atoms with Crippen molar-refractivity contribution >= 4 is 16.6 Å². The van der Waals surface area contributed by atoms with Gasteiger partial charge >= 0.3 is 0 Å². The lowest BCUT2D eigenvalue weighted by atomic mass is 10.1. The molecule has 1 aliphatic carbocycles. The lowest BCUT2D eigenvalue weighted by Crippen LogP contribution is -2.24. The summed E-state index contributed by atoms with van der Waals surface area (Å²) in [5.41, 5.74) is 2.30. The summed E-state index contributed by atoms with van der Waals surface area (Å²) < 4.78 is 0. The van der Waals surface area contributed by atoms with Crippen LogP contribution < -0.4 is 5.32 Å². The zero-order valence-corrected chi connectivity index (χ0v) is 11.8. The molecule has 4 rings (SSSR count). The van der Waals surface area contributed by atoms with E-state index < -0.39 is 0 Å². The highest BCUT2D eigenvalue weighted by atomic mass is 15.2. The maximum atomic E-state index is 4.42. The van der Waals surface area contributed by atoms with Gasteiger partial charge in [0.1, 0.15) is 0 Å². The minimum atomic E-state index is 0.794. The van der Waals surface area contributed by atoms with E-state index in [2.05, 4.69) is 39.5 Å². The van der Waals surface area contributed by atoms with Crippen molar-refractivity contribution in [3.05, 3.63) is 36.5 Å². The molecule has 2 heterocycles. The average molecular weight is 267 g/mol. The number of fused-ring (bicyclic) bond motifs is 1. The van der Waals surface area contributed by atoms with Crippen molar-refractivity contribution in [3.63, 3.8) is 0 Å². The Morgan fingerprint density at radius 3 is 2.95 bits per heavy atom. The number of para-hydroxylation sites is 1. The normalized spacial score (nSPS) is 23.3. The monoisotopic (exact) mass is 267 g/mol. The number of likely N-dealkylation sites (tertiary alicyclic amines) is 1. The van der Waals surface area contributed by atoms with Crippen molar-refractivity contribution < 1.29 is 0 Å². The van der Waals surface area contributed by atoms with Gasteiger partial charge in [0.2, 0.25) is 0 Å². The number of aromatic nitrogens is 1. The van der Waals surface area contributed by atoms with Crippen LogP contribution >= 0.6 is 0 Å². The highest BCUT2D eigenvalue weighted by Crippen LogP contribution is 2.32. The van der Waals surface area contributed by atoms with E-state index in [4.69, 9.17) is 0 Å². The molecule has 1 atom stereocenters. The third-order valence-electron chi connectivity index (χ3n) is 4.61. The van der Waals surface area contributed by atoms with Gasteiger partial charge in [-0.15, -0.1) is 0 Å². The smallest absolute Gasteiger partial charge is 0.0722 e. The molecule has 3 nitrogen and oxygen atoms in total. The third kappa shape index (κ3) is 2.38. The van der Waals surface area contributed by atoms with Gasteiger partial charge in [0.15, 0.2) is 0 Å². The van der Waals surface area contributed by atoms with E-state index in [-0.39, 0.29) is 0 Å². The van der Waals surface area contributed by atoms with Crippen LogP contribution in [-0.4, -0.2) is 35.6 Å². The molecule has 1 aliphatic heterocycles. The van der Waals surface area contributed by atoms with Gasteiger partial charge in [-0.05, 0) is 43.9 Å². The standard InChI is InChI=1S/C17H21N3/c1-2-4-16-15(3-1)17(7-9-18-16)19-11-13-8-10-20(12-13)14-5-6-14/h1-4,7,9,13-14H,5-6,8,10-12H2,(H,18,19)/t13-/m1/s1. The van der Waals surface area contributed by atoms with Gasteiger partial charge in [-0.3, -0.25) is 4.98 Å². The third-order valence-corrected chi connectivity index (χ3v) is 4.61. The molecule has 1 aromatic heterocycles. The summed E-state index contributed by atoms with van der Waals surface area (Å²) in [6, 6.07) is 11.4. The summed E-state index contributed by atoms with van der Waals surface area (Å²) in [4.78, 5) is 7.09. The number of rotatable bonds is 4. The number of hydrogen-bond donors (Lipinski definition) is 1. The van der Waals surface area contributed by atoms with Crippen molar-refractivity contribution in [2.75, 3.05) is 25.0 Å². The fourth-order valence-electron chi connectivity index (χ4n) is 3.30. The first-order valence-electron chi connectivity index (χ1n) is 7.72. The zero-order valence-electron chi connectivity index (χ0n) is 11.8. The SMILES string of the molecule is c1ccc2c(NC[C@H]3CCN(C4CC4)C3)ccnc2c1. The van der Waals surface area contributed by atoms with Gasteiger partial charge < -0.3 is 10.2 Å². The molecule has 0 amide bonds. The largest absolute Gasteiger partial charge is 0.384 e. The number of hydrogen-bond acceptors (Lipinski definition) is 3. The van der Waals surface area contributed by atoms with Crippen LogP contribution in [0.3, 0.4) is 0 Å². The van der Waals surface area contributed by atoms with E-state index in [1.165, 1.54) is 43.4 Å². The average Bonchev–Trinajstić information content (AvgIpc) is 3.24. The first-order valence-corrected chi connectivity index (χ1v) is 7.72. The highest BCUT2D eigenvalue weighted by Gasteiger charge is 2.34. The van der Waals surface area contributed by atoms with Crippen molar-refractivity contribution in [3.8, 4) is 0 Å². The lowest BCUT2D eigenvalue weighted by Gasteiger charge is -2.16. The minimum Gasteiger partial charge on any atom is -0.384 e. The van der Waals surface area contributed by atoms with Crippen LogP contribution in [0.1, 0.15) is 19.3 Å². The Bertz CT molecular complexity index is 601. The predicted octanol–water partition coefficient (Wildman–Crippen LogP) is 3.13. The van der Waals surface area contributed by atoms with Crippen LogP contribution in [-0.2, 0) is 0 Å². The molecular formula is C17H21N3. The summed E-state index contributed by atoms with van der Waals surface area (Å²) in [6.45, 7) is 3.66. The van der Waals surface area contributed by atoms with Crippen LogP contribution in [0.25, 0.3) is 10.9 Å². The fraction of sp³-hybridized carbons (Fsp3) is 0.471. The van der Waals surface area contributed by atoms with Gasteiger partial charge in [-0.25, -0.2) is 0 Å². The van der Waals surface area contributed by atoms with Crippen molar-refractivity contribution in [1.29, 1.82) is 0 Å². The Hall–Kier alpha value is -1.61. The molecule has 3 heteroatoms. The Labute approximate surface area is 120 Å². The van der Waals surface area contributed by atoms with Crippen LogP contribution in [0.4, 0.5) is 5.69 Å². The van der Waals surface area contributed by atoms with Gasteiger partial charge in [0.05, 0.1) is 5.52 Å². The van der Waals surface area contributed by atoms with Gasteiger partial charge in [0.25, 0.3) is 0 Å². The number of pyridine rings is 1. The van der Waals surface area contributed by atoms with E-state index in [1.54, 1.807) is 0 Å². The Kier molecular flexibility index (Phi) is 3.07. The van der Waals surface area contributed by atoms with Gasteiger partial charge in [-0.2, -0.15) is 0 Å². The second kappa shape index (κ2) is 5.06.